The third kappa shape index (κ3) is 6.80. The molecule has 0 aliphatic heterocycles. The van der Waals surface area contributed by atoms with Gasteiger partial charge in [-0.05, 0) is 66.8 Å². The molecule has 1 heterocycles. The molecule has 1 fully saturated rings. The van der Waals surface area contributed by atoms with E-state index in [0.717, 1.165) is 30.7 Å². The summed E-state index contributed by atoms with van der Waals surface area (Å²) in [6.45, 7) is 0. The van der Waals surface area contributed by atoms with Crippen LogP contribution in [0.25, 0.3) is 10.1 Å². The molecule has 0 radical (unpaired) electrons. The van der Waals surface area contributed by atoms with E-state index in [1.807, 2.05) is 0 Å². The van der Waals surface area contributed by atoms with Gasteiger partial charge in [0.05, 0.1) is 29.5 Å². The lowest BCUT2D eigenvalue weighted by Crippen LogP contribution is -2.19. The third-order valence-corrected chi connectivity index (χ3v) is 8.56. The first-order valence-electron chi connectivity index (χ1n) is 13.5. The predicted octanol–water partition coefficient (Wildman–Crippen LogP) is 8.82. The molecule has 2 N–H and O–H groups in total. The first-order valence-corrected chi connectivity index (χ1v) is 14.3. The molecule has 2 amide bonds. The van der Waals surface area contributed by atoms with Crippen LogP contribution in [0.4, 0.5) is 42.1 Å². The van der Waals surface area contributed by atoms with E-state index in [4.69, 9.17) is 4.74 Å². The summed E-state index contributed by atoms with van der Waals surface area (Å²) in [5.74, 6) is -3.30. The van der Waals surface area contributed by atoms with Gasteiger partial charge in [-0.15, -0.1) is 11.3 Å². The average molecular weight is 653 g/mol. The van der Waals surface area contributed by atoms with Crippen LogP contribution in [0.15, 0.2) is 54.6 Å². The summed E-state index contributed by atoms with van der Waals surface area (Å²) in [7, 11) is 1.32. The number of rotatable bonds is 6. The number of carbonyl (C=O) groups excluding carboxylic acids is 3. The van der Waals surface area contributed by atoms with Gasteiger partial charge in [0.1, 0.15) is 22.2 Å². The Hall–Kier alpha value is -4.46. The molecule has 236 valence electrons. The fourth-order valence-corrected chi connectivity index (χ4v) is 6.30. The molecule has 0 spiro atoms. The number of anilines is 2. The zero-order chi connectivity index (χ0) is 32.7. The molecule has 5 rings (SSSR count). The molecular formula is C31H23F7N2O4S. The highest BCUT2D eigenvalue weighted by Crippen LogP contribution is 2.41. The lowest BCUT2D eigenvalue weighted by Gasteiger charge is -2.22. The number of fused-ring (bicyclic) bond motifs is 1. The van der Waals surface area contributed by atoms with Gasteiger partial charge in [-0.3, -0.25) is 14.4 Å². The molecule has 1 aliphatic carbocycles. The van der Waals surface area contributed by atoms with Gasteiger partial charge in [-0.1, -0.05) is 12.1 Å². The standard InChI is InChI=1S/C31H23F7N2O4S/c1-44-24-10-5-16(15-3-2-4-19(41)11-15)12-21(24)28(42)40-26-20-8-6-17(30(33,34)35)13-25(20)45-27(26)29(43)39-18-7-9-23(32)22(14-18)31(36,37)38/h5-10,12-15H,2-4,11H2,1H3,(H,39,43)(H,40,42). The second kappa shape index (κ2) is 12.1. The third-order valence-electron chi connectivity index (χ3n) is 7.41. The maximum Gasteiger partial charge on any atom is 0.419 e. The number of ether oxygens (including phenoxy) is 1. The van der Waals surface area contributed by atoms with Gasteiger partial charge in [-0.25, -0.2) is 4.39 Å². The number of methoxy groups -OCH3 is 1. The van der Waals surface area contributed by atoms with Crippen LogP contribution in [0, 0.1) is 5.82 Å². The van der Waals surface area contributed by atoms with Gasteiger partial charge >= 0.3 is 12.4 Å². The van der Waals surface area contributed by atoms with Crippen molar-refractivity contribution in [1.29, 1.82) is 0 Å². The van der Waals surface area contributed by atoms with Gasteiger partial charge < -0.3 is 15.4 Å². The summed E-state index contributed by atoms with van der Waals surface area (Å²) in [4.78, 5) is 38.7. The molecule has 14 heteroatoms. The second-order valence-corrected chi connectivity index (χ2v) is 11.5. The van der Waals surface area contributed by atoms with Crippen molar-refractivity contribution in [2.24, 2.45) is 0 Å². The first kappa shape index (κ1) is 31.9. The van der Waals surface area contributed by atoms with Crippen molar-refractivity contribution in [2.45, 2.75) is 44.0 Å². The number of halogens is 7. The highest BCUT2D eigenvalue weighted by atomic mass is 32.1. The molecule has 0 bridgehead atoms. The van der Waals surface area contributed by atoms with Crippen molar-refractivity contribution in [3.8, 4) is 5.75 Å². The Balaban J connectivity index is 1.55. The Morgan fingerprint density at radius 2 is 1.67 bits per heavy atom. The van der Waals surface area contributed by atoms with Crippen molar-refractivity contribution < 1.29 is 49.9 Å². The Kier molecular flexibility index (Phi) is 8.62. The number of benzene rings is 3. The monoisotopic (exact) mass is 652 g/mol. The van der Waals surface area contributed by atoms with Gasteiger partial charge in [0, 0.05) is 28.6 Å². The van der Waals surface area contributed by atoms with Gasteiger partial charge in [-0.2, -0.15) is 26.3 Å². The van der Waals surface area contributed by atoms with Crippen molar-refractivity contribution in [1.82, 2.24) is 0 Å². The number of Topliss-reactive ketones (excluding diaryl/α,β-unsaturated/α-hetero) is 1. The first-order chi connectivity index (χ1) is 21.2. The molecule has 1 unspecified atom stereocenters. The van der Waals surface area contributed by atoms with Crippen LogP contribution in [0.1, 0.15) is 68.3 Å². The lowest BCUT2D eigenvalue weighted by molar-refractivity contribution is -0.140. The van der Waals surface area contributed by atoms with Gasteiger partial charge in [0.2, 0.25) is 0 Å². The Bertz CT molecular complexity index is 1810. The molecule has 1 aromatic heterocycles. The number of alkyl halides is 6. The van der Waals surface area contributed by atoms with Crippen LogP contribution >= 0.6 is 11.3 Å². The number of carbonyl (C=O) groups is 3. The fourth-order valence-electron chi connectivity index (χ4n) is 5.21. The Morgan fingerprint density at radius 3 is 2.33 bits per heavy atom. The average Bonchev–Trinajstić information content (AvgIpc) is 3.34. The number of thiophene rings is 1. The Labute approximate surface area is 255 Å². The summed E-state index contributed by atoms with van der Waals surface area (Å²) in [6, 6.07) is 9.23. The van der Waals surface area contributed by atoms with Crippen LogP contribution in [-0.2, 0) is 17.1 Å². The van der Waals surface area contributed by atoms with Gasteiger partial charge in [0.15, 0.2) is 0 Å². The highest BCUT2D eigenvalue weighted by Gasteiger charge is 2.35. The topological polar surface area (TPSA) is 84.5 Å². The summed E-state index contributed by atoms with van der Waals surface area (Å²) in [6.07, 6.45) is -7.60. The molecule has 6 nitrogen and oxygen atoms in total. The van der Waals surface area contributed by atoms with Crippen LogP contribution in [0.2, 0.25) is 0 Å². The SMILES string of the molecule is COc1ccc(C2CCCC(=O)C2)cc1C(=O)Nc1c(C(=O)Nc2ccc(F)c(C(F)(F)F)c2)sc2cc(C(F)(F)F)ccc12. The van der Waals surface area contributed by atoms with E-state index in [1.54, 1.807) is 18.2 Å². The quantitative estimate of drug-likeness (QED) is 0.204. The summed E-state index contributed by atoms with van der Waals surface area (Å²) < 4.78 is 99.2. The maximum atomic E-state index is 13.8. The van der Waals surface area contributed by atoms with Crippen LogP contribution < -0.4 is 15.4 Å². The van der Waals surface area contributed by atoms with E-state index in [1.165, 1.54) is 7.11 Å². The van der Waals surface area contributed by atoms with Crippen molar-refractivity contribution >= 4 is 50.4 Å². The van der Waals surface area contributed by atoms with E-state index in [0.29, 0.717) is 48.3 Å². The van der Waals surface area contributed by atoms with E-state index in [2.05, 4.69) is 10.6 Å². The van der Waals surface area contributed by atoms with Crippen molar-refractivity contribution in [3.05, 3.63) is 87.5 Å². The Morgan fingerprint density at radius 1 is 0.911 bits per heavy atom. The largest absolute Gasteiger partial charge is 0.496 e. The van der Waals surface area contributed by atoms with Crippen LogP contribution in [-0.4, -0.2) is 24.7 Å². The summed E-state index contributed by atoms with van der Waals surface area (Å²) >= 11 is 0.576. The minimum absolute atomic E-state index is 0.0268. The highest BCUT2D eigenvalue weighted by molar-refractivity contribution is 7.21. The second-order valence-electron chi connectivity index (χ2n) is 10.4. The molecule has 3 aromatic carbocycles. The van der Waals surface area contributed by atoms with E-state index >= 15 is 0 Å². The van der Waals surface area contributed by atoms with Crippen LogP contribution in [0.3, 0.4) is 0 Å². The van der Waals surface area contributed by atoms with Crippen molar-refractivity contribution in [3.63, 3.8) is 0 Å². The summed E-state index contributed by atoms with van der Waals surface area (Å²) in [5.41, 5.74) is -2.55. The molecule has 1 saturated carbocycles. The minimum atomic E-state index is -5.06. The van der Waals surface area contributed by atoms with E-state index < -0.39 is 46.8 Å². The molecular weight excluding hydrogens is 629 g/mol. The zero-order valence-electron chi connectivity index (χ0n) is 23.3. The number of hydrogen-bond acceptors (Lipinski definition) is 5. The molecule has 4 aromatic rings. The zero-order valence-corrected chi connectivity index (χ0v) is 24.1. The minimum Gasteiger partial charge on any atom is -0.496 e. The fraction of sp³-hybridized carbons (Fsp3) is 0.258. The molecule has 1 atom stereocenters. The van der Waals surface area contributed by atoms with Gasteiger partial charge in [0.25, 0.3) is 11.8 Å². The maximum absolute atomic E-state index is 13.8. The number of nitrogens with one attached hydrogen (secondary N) is 2. The molecule has 0 saturated heterocycles. The number of amides is 2. The van der Waals surface area contributed by atoms with Crippen molar-refractivity contribution in [2.75, 3.05) is 17.7 Å². The van der Waals surface area contributed by atoms with Crippen LogP contribution in [0.5, 0.6) is 5.75 Å². The lowest BCUT2D eigenvalue weighted by atomic mass is 9.83. The van der Waals surface area contributed by atoms with E-state index in [9.17, 15) is 45.1 Å². The predicted molar refractivity (Wildman–Crippen MR) is 153 cm³/mol. The number of ketones is 1. The smallest absolute Gasteiger partial charge is 0.419 e. The molecule has 1 aliphatic rings. The van der Waals surface area contributed by atoms with E-state index in [-0.39, 0.29) is 43.7 Å². The normalized spacial score (nSPS) is 15.6. The summed E-state index contributed by atoms with van der Waals surface area (Å²) in [5, 5.41) is 4.85. The number of hydrogen-bond donors (Lipinski definition) is 2. The molecule has 45 heavy (non-hydrogen) atoms.